The fourth-order valence-corrected chi connectivity index (χ4v) is 2.19. The third kappa shape index (κ3) is 3.00. The quantitative estimate of drug-likeness (QED) is 0.893. The van der Waals surface area contributed by atoms with Crippen molar-refractivity contribution in [2.75, 3.05) is 0 Å². The molecule has 0 bridgehead atoms. The highest BCUT2D eigenvalue weighted by atomic mass is 32.1. The summed E-state index contributed by atoms with van der Waals surface area (Å²) in [5, 5.41) is 11.4. The first-order valence-corrected chi connectivity index (χ1v) is 6.33. The molecule has 0 saturated heterocycles. The van der Waals surface area contributed by atoms with Gasteiger partial charge in [0, 0.05) is 0 Å². The van der Waals surface area contributed by atoms with Crippen molar-refractivity contribution in [1.82, 2.24) is 10.3 Å². The lowest BCUT2D eigenvalue weighted by molar-refractivity contribution is 0.0702. The number of aromatic carboxylic acids is 1. The first-order valence-electron chi connectivity index (χ1n) is 5.51. The predicted octanol–water partition coefficient (Wildman–Crippen LogP) is 1.98. The summed E-state index contributed by atoms with van der Waals surface area (Å²) in [6.45, 7) is 3.79. The Kier molecular flexibility index (Phi) is 3.66. The van der Waals surface area contributed by atoms with E-state index in [1.54, 1.807) is 6.92 Å². The number of nitrogens with one attached hydrogen (secondary N) is 1. The number of carboxylic acid groups (broad SMARTS) is 1. The molecule has 2 aromatic rings. The SMILES string of the molecule is Cc1nc(CNC(=O)c2ccc(C(=O)O)s2)oc1C. The van der Waals surface area contributed by atoms with E-state index < -0.39 is 5.97 Å². The van der Waals surface area contributed by atoms with Gasteiger partial charge in [-0.2, -0.15) is 0 Å². The number of nitrogens with zero attached hydrogens (tertiary/aromatic N) is 1. The molecule has 0 atom stereocenters. The van der Waals surface area contributed by atoms with E-state index in [0.29, 0.717) is 16.5 Å². The first-order chi connectivity index (χ1) is 8.97. The van der Waals surface area contributed by atoms with Gasteiger partial charge in [-0.15, -0.1) is 11.3 Å². The fourth-order valence-electron chi connectivity index (χ4n) is 1.43. The van der Waals surface area contributed by atoms with Crippen LogP contribution in [0.3, 0.4) is 0 Å². The van der Waals surface area contributed by atoms with E-state index in [0.717, 1.165) is 17.0 Å². The Balaban J connectivity index is 1.99. The molecule has 0 saturated carbocycles. The maximum absolute atomic E-state index is 11.8. The van der Waals surface area contributed by atoms with Crippen molar-refractivity contribution >= 4 is 23.2 Å². The first kappa shape index (κ1) is 13.3. The summed E-state index contributed by atoms with van der Waals surface area (Å²) < 4.78 is 5.33. The molecule has 1 amide bonds. The van der Waals surface area contributed by atoms with Gasteiger partial charge in [-0.1, -0.05) is 0 Å². The lowest BCUT2D eigenvalue weighted by atomic mass is 10.4. The molecule has 0 aromatic carbocycles. The lowest BCUT2D eigenvalue weighted by Crippen LogP contribution is -2.21. The van der Waals surface area contributed by atoms with Crippen molar-refractivity contribution in [3.05, 3.63) is 39.2 Å². The van der Waals surface area contributed by atoms with Crippen LogP contribution in [0, 0.1) is 13.8 Å². The summed E-state index contributed by atoms with van der Waals surface area (Å²) in [5.74, 6) is -0.235. The van der Waals surface area contributed by atoms with E-state index >= 15 is 0 Å². The van der Waals surface area contributed by atoms with Crippen molar-refractivity contribution in [3.8, 4) is 0 Å². The van der Waals surface area contributed by atoms with Gasteiger partial charge < -0.3 is 14.8 Å². The number of carbonyl (C=O) groups excluding carboxylic acids is 1. The van der Waals surface area contributed by atoms with Gasteiger partial charge in [0.2, 0.25) is 5.89 Å². The molecule has 100 valence electrons. The zero-order chi connectivity index (χ0) is 14.0. The van der Waals surface area contributed by atoms with Crippen LogP contribution in [0.15, 0.2) is 16.5 Å². The molecule has 0 aliphatic carbocycles. The molecule has 7 heteroatoms. The predicted molar refractivity (Wildman–Crippen MR) is 68.4 cm³/mol. The number of carbonyl (C=O) groups is 2. The zero-order valence-electron chi connectivity index (χ0n) is 10.4. The lowest BCUT2D eigenvalue weighted by Gasteiger charge is -1.99. The number of hydrogen-bond acceptors (Lipinski definition) is 5. The Morgan fingerprint density at radius 1 is 1.37 bits per heavy atom. The summed E-state index contributed by atoms with van der Waals surface area (Å²) >= 11 is 0.930. The number of carboxylic acids is 1. The fraction of sp³-hybridized carbons (Fsp3) is 0.250. The number of amides is 1. The Morgan fingerprint density at radius 2 is 2.05 bits per heavy atom. The molecule has 0 radical (unpaired) electrons. The van der Waals surface area contributed by atoms with Gasteiger partial charge in [-0.25, -0.2) is 9.78 Å². The van der Waals surface area contributed by atoms with Gasteiger partial charge in [0.15, 0.2) is 0 Å². The number of thiophene rings is 1. The molecule has 2 heterocycles. The number of aryl methyl sites for hydroxylation is 2. The van der Waals surface area contributed by atoms with Crippen molar-refractivity contribution < 1.29 is 19.1 Å². The molecule has 2 N–H and O–H groups in total. The number of aromatic nitrogens is 1. The van der Waals surface area contributed by atoms with Gasteiger partial charge in [-0.05, 0) is 26.0 Å². The molecule has 2 rings (SSSR count). The number of hydrogen-bond donors (Lipinski definition) is 2. The van der Waals surface area contributed by atoms with Crippen molar-refractivity contribution in [3.63, 3.8) is 0 Å². The molecular weight excluding hydrogens is 268 g/mol. The van der Waals surface area contributed by atoms with Crippen molar-refractivity contribution in [2.24, 2.45) is 0 Å². The highest BCUT2D eigenvalue weighted by molar-refractivity contribution is 7.15. The zero-order valence-corrected chi connectivity index (χ0v) is 11.2. The second-order valence-corrected chi connectivity index (χ2v) is 4.98. The molecule has 2 aromatic heterocycles. The Bertz CT molecular complexity index is 610. The molecule has 0 fully saturated rings. The second-order valence-electron chi connectivity index (χ2n) is 3.90. The van der Waals surface area contributed by atoms with Gasteiger partial charge in [0.25, 0.3) is 5.91 Å². The van der Waals surface area contributed by atoms with Gasteiger partial charge in [-0.3, -0.25) is 4.79 Å². The number of oxazole rings is 1. The Labute approximate surface area is 113 Å². The van der Waals surface area contributed by atoms with Crippen LogP contribution >= 0.6 is 11.3 Å². The van der Waals surface area contributed by atoms with Crippen molar-refractivity contribution in [2.45, 2.75) is 20.4 Å². The summed E-state index contributed by atoms with van der Waals surface area (Å²) in [7, 11) is 0. The third-order valence-corrected chi connectivity index (χ3v) is 3.59. The Morgan fingerprint density at radius 3 is 2.58 bits per heavy atom. The largest absolute Gasteiger partial charge is 0.477 e. The van der Waals surface area contributed by atoms with E-state index in [-0.39, 0.29) is 17.3 Å². The van der Waals surface area contributed by atoms with Crippen LogP contribution in [0.1, 0.15) is 36.7 Å². The van der Waals surface area contributed by atoms with Crippen molar-refractivity contribution in [1.29, 1.82) is 0 Å². The van der Waals surface area contributed by atoms with Gasteiger partial charge in [0.05, 0.1) is 17.1 Å². The highest BCUT2D eigenvalue weighted by Gasteiger charge is 2.13. The molecule has 0 aliphatic heterocycles. The summed E-state index contributed by atoms with van der Waals surface area (Å²) in [6.07, 6.45) is 0. The average Bonchev–Trinajstić information content (AvgIpc) is 2.95. The highest BCUT2D eigenvalue weighted by Crippen LogP contribution is 2.16. The Hall–Kier alpha value is -2.15. The molecule has 19 heavy (non-hydrogen) atoms. The van der Waals surface area contributed by atoms with Crippen LogP contribution in [-0.2, 0) is 6.54 Å². The van der Waals surface area contributed by atoms with Crippen LogP contribution in [-0.4, -0.2) is 22.0 Å². The van der Waals surface area contributed by atoms with Crippen LogP contribution in [0.5, 0.6) is 0 Å². The van der Waals surface area contributed by atoms with Crippen LogP contribution in [0.2, 0.25) is 0 Å². The number of rotatable bonds is 4. The van der Waals surface area contributed by atoms with Crippen LogP contribution in [0.4, 0.5) is 0 Å². The van der Waals surface area contributed by atoms with Gasteiger partial charge in [0.1, 0.15) is 10.6 Å². The topological polar surface area (TPSA) is 92.4 Å². The summed E-state index contributed by atoms with van der Waals surface area (Å²) in [4.78, 5) is 27.1. The van der Waals surface area contributed by atoms with Gasteiger partial charge >= 0.3 is 5.97 Å². The van der Waals surface area contributed by atoms with Crippen LogP contribution in [0.25, 0.3) is 0 Å². The van der Waals surface area contributed by atoms with E-state index in [4.69, 9.17) is 9.52 Å². The molecule has 0 spiro atoms. The van der Waals surface area contributed by atoms with E-state index in [9.17, 15) is 9.59 Å². The minimum atomic E-state index is -1.04. The van der Waals surface area contributed by atoms with E-state index in [2.05, 4.69) is 10.3 Å². The smallest absolute Gasteiger partial charge is 0.345 e. The monoisotopic (exact) mass is 280 g/mol. The van der Waals surface area contributed by atoms with E-state index in [1.165, 1.54) is 12.1 Å². The standard InChI is InChI=1S/C12H12N2O4S/c1-6-7(2)18-10(14-6)5-13-11(15)8-3-4-9(19-8)12(16)17/h3-4H,5H2,1-2H3,(H,13,15)(H,16,17). The molecule has 6 nitrogen and oxygen atoms in total. The molecule has 0 aliphatic rings. The summed E-state index contributed by atoms with van der Waals surface area (Å²) in [5.41, 5.74) is 0.786. The van der Waals surface area contributed by atoms with Crippen LogP contribution < -0.4 is 5.32 Å². The molecular formula is C12H12N2O4S. The molecule has 0 unspecified atom stereocenters. The minimum Gasteiger partial charge on any atom is -0.477 e. The maximum Gasteiger partial charge on any atom is 0.345 e. The van der Waals surface area contributed by atoms with E-state index in [1.807, 2.05) is 6.92 Å². The maximum atomic E-state index is 11.8. The third-order valence-electron chi connectivity index (χ3n) is 2.51. The summed E-state index contributed by atoms with van der Waals surface area (Å²) in [6, 6.07) is 2.89. The second kappa shape index (κ2) is 5.23. The normalized spacial score (nSPS) is 10.4. The average molecular weight is 280 g/mol. The minimum absolute atomic E-state index is 0.132.